The number of carbonyl (C=O) groups excluding carboxylic acids is 1. The molecule has 6 heteroatoms. The number of amides is 1. The van der Waals surface area contributed by atoms with E-state index < -0.39 is 5.91 Å². The third kappa shape index (κ3) is 4.02. The van der Waals surface area contributed by atoms with Crippen molar-refractivity contribution in [3.05, 3.63) is 59.4 Å². The van der Waals surface area contributed by atoms with Gasteiger partial charge in [-0.3, -0.25) is 4.79 Å². The minimum absolute atomic E-state index is 0.116. The van der Waals surface area contributed by atoms with Crippen molar-refractivity contribution in [2.24, 2.45) is 5.10 Å². The number of anilines is 1. The van der Waals surface area contributed by atoms with E-state index in [0.29, 0.717) is 17.0 Å². The molecule has 0 aromatic heterocycles. The van der Waals surface area contributed by atoms with Crippen molar-refractivity contribution in [2.75, 3.05) is 18.0 Å². The van der Waals surface area contributed by atoms with Gasteiger partial charge in [0.15, 0.2) is 0 Å². The molecule has 1 fully saturated rings. The molecule has 26 heavy (non-hydrogen) atoms. The van der Waals surface area contributed by atoms with Crippen LogP contribution in [0.4, 0.5) is 10.1 Å². The molecule has 0 atom stereocenters. The summed E-state index contributed by atoms with van der Waals surface area (Å²) in [4.78, 5) is 14.1. The summed E-state index contributed by atoms with van der Waals surface area (Å²) in [7, 11) is 0. The molecule has 1 heterocycles. The summed E-state index contributed by atoms with van der Waals surface area (Å²) in [6, 6.07) is 11.2. The monoisotopic (exact) mass is 355 g/mol. The number of nitrogens with one attached hydrogen (secondary N) is 1. The fourth-order valence-electron chi connectivity index (χ4n) is 3.05. The lowest BCUT2D eigenvalue weighted by molar-refractivity contribution is 0.0952. The maximum Gasteiger partial charge on any atom is 0.275 e. The molecular weight excluding hydrogens is 333 g/mol. The van der Waals surface area contributed by atoms with Crippen LogP contribution in [0.15, 0.2) is 47.6 Å². The van der Waals surface area contributed by atoms with E-state index in [1.807, 2.05) is 0 Å². The number of hydrazone groups is 1. The Bertz CT molecular complexity index is 830. The van der Waals surface area contributed by atoms with Crippen LogP contribution in [0.3, 0.4) is 0 Å². The van der Waals surface area contributed by atoms with E-state index in [4.69, 9.17) is 0 Å². The zero-order valence-electron chi connectivity index (χ0n) is 14.7. The normalized spacial score (nSPS) is 15.0. The lowest BCUT2D eigenvalue weighted by atomic mass is 10.1. The first-order valence-electron chi connectivity index (χ1n) is 8.74. The van der Waals surface area contributed by atoms with Crippen molar-refractivity contribution in [3.8, 4) is 5.75 Å². The smallest absolute Gasteiger partial charge is 0.275 e. The van der Waals surface area contributed by atoms with E-state index in [9.17, 15) is 14.3 Å². The van der Waals surface area contributed by atoms with Crippen molar-refractivity contribution < 1.29 is 14.3 Å². The molecule has 2 aromatic rings. The molecule has 1 amide bonds. The van der Waals surface area contributed by atoms with Crippen LogP contribution in [0.5, 0.6) is 5.75 Å². The van der Waals surface area contributed by atoms with Gasteiger partial charge in [0.1, 0.15) is 11.6 Å². The number of piperidine rings is 1. The Morgan fingerprint density at radius 2 is 1.88 bits per heavy atom. The molecule has 1 aliphatic rings. The quantitative estimate of drug-likeness (QED) is 0.650. The number of aromatic hydroxyl groups is 1. The Hall–Kier alpha value is -2.89. The largest absolute Gasteiger partial charge is 0.507 e. The van der Waals surface area contributed by atoms with Crippen LogP contribution >= 0.6 is 0 Å². The third-order valence-electron chi connectivity index (χ3n) is 4.54. The standard InChI is InChI=1S/C20H22FN3O2/c1-14(22-23-20(26)16-7-3-4-8-19(16)25)15-9-10-18(17(21)13-15)24-11-5-2-6-12-24/h3-4,7-10,13,25H,2,5-6,11-12H2,1H3,(H,23,26). The molecule has 0 spiro atoms. The molecule has 0 saturated carbocycles. The number of para-hydroxylation sites is 1. The van der Waals surface area contributed by atoms with Crippen LogP contribution in [-0.2, 0) is 0 Å². The minimum Gasteiger partial charge on any atom is -0.507 e. The van der Waals surface area contributed by atoms with Gasteiger partial charge in [-0.05, 0) is 50.5 Å². The first-order valence-corrected chi connectivity index (χ1v) is 8.74. The average Bonchev–Trinajstić information content (AvgIpc) is 2.66. The van der Waals surface area contributed by atoms with Gasteiger partial charge in [0.2, 0.25) is 0 Å². The van der Waals surface area contributed by atoms with Gasteiger partial charge in [-0.1, -0.05) is 18.2 Å². The highest BCUT2D eigenvalue weighted by atomic mass is 19.1. The highest BCUT2D eigenvalue weighted by Gasteiger charge is 2.16. The number of benzene rings is 2. The molecule has 136 valence electrons. The van der Waals surface area contributed by atoms with Crippen LogP contribution in [0.1, 0.15) is 42.1 Å². The first-order chi connectivity index (χ1) is 12.6. The lowest BCUT2D eigenvalue weighted by Crippen LogP contribution is -2.30. The summed E-state index contributed by atoms with van der Waals surface area (Å²) in [5.74, 6) is -0.923. The molecule has 2 N–H and O–H groups in total. The Morgan fingerprint density at radius 3 is 2.58 bits per heavy atom. The van der Waals surface area contributed by atoms with Gasteiger partial charge in [0, 0.05) is 18.7 Å². The number of hydrogen-bond donors (Lipinski definition) is 2. The highest BCUT2D eigenvalue weighted by Crippen LogP contribution is 2.24. The molecule has 2 aromatic carbocycles. The predicted molar refractivity (Wildman–Crippen MR) is 100 cm³/mol. The fourth-order valence-corrected chi connectivity index (χ4v) is 3.05. The van der Waals surface area contributed by atoms with Crippen LogP contribution in [0.25, 0.3) is 0 Å². The number of carbonyl (C=O) groups is 1. The number of phenols is 1. The highest BCUT2D eigenvalue weighted by molar-refractivity contribution is 6.01. The SMILES string of the molecule is CC(=NNC(=O)c1ccccc1O)c1ccc(N2CCCCC2)c(F)c1. The lowest BCUT2D eigenvalue weighted by Gasteiger charge is -2.29. The van der Waals surface area contributed by atoms with Gasteiger partial charge in [0.25, 0.3) is 5.91 Å². The van der Waals surface area contributed by atoms with Crippen molar-refractivity contribution >= 4 is 17.3 Å². The van der Waals surface area contributed by atoms with Gasteiger partial charge >= 0.3 is 0 Å². The van der Waals surface area contributed by atoms with E-state index >= 15 is 0 Å². The molecule has 5 nitrogen and oxygen atoms in total. The molecule has 3 rings (SSSR count). The fraction of sp³-hybridized carbons (Fsp3) is 0.300. The second-order valence-electron chi connectivity index (χ2n) is 6.37. The number of halogens is 1. The summed E-state index contributed by atoms with van der Waals surface area (Å²) in [5.41, 5.74) is 4.22. The summed E-state index contributed by atoms with van der Waals surface area (Å²) < 4.78 is 14.5. The van der Waals surface area contributed by atoms with Gasteiger partial charge in [-0.15, -0.1) is 0 Å². The minimum atomic E-state index is -0.521. The molecule has 0 aliphatic carbocycles. The number of hydrogen-bond acceptors (Lipinski definition) is 4. The van der Waals surface area contributed by atoms with E-state index in [-0.39, 0.29) is 17.1 Å². The Balaban J connectivity index is 1.72. The van der Waals surface area contributed by atoms with Gasteiger partial charge in [0.05, 0.1) is 17.0 Å². The second-order valence-corrected chi connectivity index (χ2v) is 6.37. The van der Waals surface area contributed by atoms with Crippen molar-refractivity contribution in [1.82, 2.24) is 5.43 Å². The zero-order valence-corrected chi connectivity index (χ0v) is 14.7. The van der Waals surface area contributed by atoms with E-state index in [1.165, 1.54) is 24.6 Å². The number of nitrogens with zero attached hydrogens (tertiary/aromatic N) is 2. The average molecular weight is 355 g/mol. The molecular formula is C20H22FN3O2. The molecule has 0 unspecified atom stereocenters. The maximum atomic E-state index is 14.5. The van der Waals surface area contributed by atoms with Crippen molar-refractivity contribution in [3.63, 3.8) is 0 Å². The zero-order chi connectivity index (χ0) is 18.5. The Kier molecular flexibility index (Phi) is 5.51. The van der Waals surface area contributed by atoms with Gasteiger partial charge in [-0.2, -0.15) is 5.10 Å². The van der Waals surface area contributed by atoms with Gasteiger partial charge < -0.3 is 10.0 Å². The predicted octanol–water partition coefficient (Wildman–Crippen LogP) is 3.68. The van der Waals surface area contributed by atoms with Crippen molar-refractivity contribution in [2.45, 2.75) is 26.2 Å². The second kappa shape index (κ2) is 7.99. The third-order valence-corrected chi connectivity index (χ3v) is 4.54. The summed E-state index contributed by atoms with van der Waals surface area (Å²) in [6.07, 6.45) is 3.36. The van der Waals surface area contributed by atoms with E-state index in [1.54, 1.807) is 31.2 Å². The Labute approximate surface area is 152 Å². The van der Waals surface area contributed by atoms with Gasteiger partial charge in [-0.25, -0.2) is 9.82 Å². The molecule has 0 radical (unpaired) electrons. The molecule has 1 aliphatic heterocycles. The number of phenolic OH excluding ortho intramolecular Hbond substituents is 1. The summed E-state index contributed by atoms with van der Waals surface area (Å²) >= 11 is 0. The van der Waals surface area contributed by atoms with Crippen LogP contribution in [0.2, 0.25) is 0 Å². The summed E-state index contributed by atoms with van der Waals surface area (Å²) in [5, 5.41) is 13.7. The summed E-state index contributed by atoms with van der Waals surface area (Å²) in [6.45, 7) is 3.44. The van der Waals surface area contributed by atoms with Crippen LogP contribution in [-0.4, -0.2) is 29.8 Å². The molecule has 1 saturated heterocycles. The van der Waals surface area contributed by atoms with E-state index in [0.717, 1.165) is 25.9 Å². The molecule has 0 bridgehead atoms. The van der Waals surface area contributed by atoms with Crippen LogP contribution < -0.4 is 10.3 Å². The van der Waals surface area contributed by atoms with Crippen LogP contribution in [0, 0.1) is 5.82 Å². The van der Waals surface area contributed by atoms with E-state index in [2.05, 4.69) is 15.4 Å². The first kappa shape index (κ1) is 17.9. The maximum absolute atomic E-state index is 14.5. The topological polar surface area (TPSA) is 64.9 Å². The van der Waals surface area contributed by atoms with Crippen molar-refractivity contribution in [1.29, 1.82) is 0 Å². The number of rotatable bonds is 4. The Morgan fingerprint density at radius 1 is 1.15 bits per heavy atom.